The molecule has 170 valence electrons. The van der Waals surface area contributed by atoms with E-state index >= 15 is 0 Å². The summed E-state index contributed by atoms with van der Waals surface area (Å²) in [5, 5.41) is 0. The van der Waals surface area contributed by atoms with E-state index in [1.165, 1.54) is 24.3 Å². The van der Waals surface area contributed by atoms with Crippen LogP contribution in [0.4, 0.5) is 18.9 Å². The molecule has 2 aliphatic heterocycles. The SMILES string of the molecule is CCCS(=O)(=O)Cc1cccc(Oc2ccc3c(c2)C2=NCCCN2C=N3)c1C(F)(F)F. The fourth-order valence-corrected chi connectivity index (χ4v) is 5.31. The first-order valence-corrected chi connectivity index (χ1v) is 12.1. The monoisotopic (exact) mass is 465 g/mol. The number of aliphatic imine (C=N–C) groups is 2. The van der Waals surface area contributed by atoms with Crippen molar-refractivity contribution in [1.29, 1.82) is 0 Å². The number of sulfone groups is 1. The van der Waals surface area contributed by atoms with E-state index in [2.05, 4.69) is 9.98 Å². The number of hydrogen-bond acceptors (Lipinski definition) is 6. The smallest absolute Gasteiger partial charge is 0.420 e. The summed E-state index contributed by atoms with van der Waals surface area (Å²) in [6.45, 7) is 3.09. The van der Waals surface area contributed by atoms with Crippen molar-refractivity contribution in [2.45, 2.75) is 31.7 Å². The van der Waals surface area contributed by atoms with Crippen molar-refractivity contribution >= 4 is 27.7 Å². The van der Waals surface area contributed by atoms with Crippen LogP contribution in [-0.2, 0) is 21.8 Å². The second-order valence-corrected chi connectivity index (χ2v) is 9.84. The maximum absolute atomic E-state index is 13.9. The Morgan fingerprint density at radius 1 is 1.19 bits per heavy atom. The highest BCUT2D eigenvalue weighted by molar-refractivity contribution is 7.90. The lowest BCUT2D eigenvalue weighted by atomic mass is 10.1. The summed E-state index contributed by atoms with van der Waals surface area (Å²) in [7, 11) is -3.68. The lowest BCUT2D eigenvalue weighted by Gasteiger charge is -2.29. The quantitative estimate of drug-likeness (QED) is 0.605. The third-order valence-corrected chi connectivity index (χ3v) is 6.93. The van der Waals surface area contributed by atoms with Crippen molar-refractivity contribution < 1.29 is 26.3 Å². The van der Waals surface area contributed by atoms with Gasteiger partial charge < -0.3 is 9.64 Å². The van der Waals surface area contributed by atoms with Gasteiger partial charge in [0.05, 0.1) is 23.5 Å². The Hall–Kier alpha value is -2.88. The summed E-state index contributed by atoms with van der Waals surface area (Å²) >= 11 is 0. The number of fused-ring (bicyclic) bond motifs is 3. The van der Waals surface area contributed by atoms with Gasteiger partial charge in [0.15, 0.2) is 9.84 Å². The highest BCUT2D eigenvalue weighted by atomic mass is 32.2. The van der Waals surface area contributed by atoms with Crippen molar-refractivity contribution in [3.8, 4) is 11.5 Å². The number of amidine groups is 1. The number of rotatable bonds is 6. The minimum Gasteiger partial charge on any atom is -0.457 e. The lowest BCUT2D eigenvalue weighted by molar-refractivity contribution is -0.139. The first-order chi connectivity index (χ1) is 15.2. The van der Waals surface area contributed by atoms with Crippen molar-refractivity contribution in [1.82, 2.24) is 4.90 Å². The second-order valence-electron chi connectivity index (χ2n) is 7.66. The number of nitrogens with zero attached hydrogens (tertiary/aromatic N) is 3. The second kappa shape index (κ2) is 8.57. The van der Waals surface area contributed by atoms with Gasteiger partial charge in [-0.25, -0.2) is 13.4 Å². The van der Waals surface area contributed by atoms with Gasteiger partial charge in [-0.2, -0.15) is 13.2 Å². The van der Waals surface area contributed by atoms with Crippen LogP contribution in [0.2, 0.25) is 0 Å². The summed E-state index contributed by atoms with van der Waals surface area (Å²) in [4.78, 5) is 10.8. The van der Waals surface area contributed by atoms with Crippen LogP contribution in [0.5, 0.6) is 11.5 Å². The third-order valence-electron chi connectivity index (χ3n) is 5.15. The molecule has 0 atom stereocenters. The fourth-order valence-electron chi connectivity index (χ4n) is 3.83. The minimum absolute atomic E-state index is 0.181. The maximum Gasteiger partial charge on any atom is 0.420 e. The number of halogens is 3. The largest absolute Gasteiger partial charge is 0.457 e. The molecule has 0 aromatic heterocycles. The molecule has 0 fully saturated rings. The van der Waals surface area contributed by atoms with E-state index in [1.54, 1.807) is 25.4 Å². The van der Waals surface area contributed by atoms with Gasteiger partial charge in [-0.05, 0) is 42.7 Å². The molecule has 6 nitrogen and oxygen atoms in total. The molecule has 0 unspecified atom stereocenters. The van der Waals surface area contributed by atoms with Crippen LogP contribution < -0.4 is 4.74 Å². The van der Waals surface area contributed by atoms with E-state index in [-0.39, 0.29) is 17.1 Å². The van der Waals surface area contributed by atoms with Crippen LogP contribution in [0.1, 0.15) is 36.5 Å². The molecular weight excluding hydrogens is 443 g/mol. The Morgan fingerprint density at radius 2 is 2.00 bits per heavy atom. The van der Waals surface area contributed by atoms with Gasteiger partial charge in [-0.15, -0.1) is 0 Å². The highest BCUT2D eigenvalue weighted by Crippen LogP contribution is 2.42. The van der Waals surface area contributed by atoms with Gasteiger partial charge in [0.2, 0.25) is 0 Å². The van der Waals surface area contributed by atoms with Gasteiger partial charge in [0.1, 0.15) is 22.9 Å². The van der Waals surface area contributed by atoms with Crippen LogP contribution in [0.15, 0.2) is 46.4 Å². The number of alkyl halides is 3. The summed E-state index contributed by atoms with van der Waals surface area (Å²) in [6.07, 6.45) is -1.86. The van der Waals surface area contributed by atoms with Crippen LogP contribution in [0, 0.1) is 0 Å². The van der Waals surface area contributed by atoms with Crippen LogP contribution in [0.3, 0.4) is 0 Å². The average molecular weight is 465 g/mol. The maximum atomic E-state index is 13.9. The van der Waals surface area contributed by atoms with E-state index in [0.29, 0.717) is 30.1 Å². The van der Waals surface area contributed by atoms with Crippen LogP contribution >= 0.6 is 0 Å². The van der Waals surface area contributed by atoms with Crippen molar-refractivity contribution in [2.24, 2.45) is 9.98 Å². The molecule has 2 aliphatic rings. The van der Waals surface area contributed by atoms with E-state index in [1.807, 2.05) is 4.90 Å². The molecule has 10 heteroatoms. The zero-order valence-corrected chi connectivity index (χ0v) is 18.2. The Kier molecular flexibility index (Phi) is 5.98. The van der Waals surface area contributed by atoms with Crippen molar-refractivity contribution in [2.75, 3.05) is 18.8 Å². The first-order valence-electron chi connectivity index (χ1n) is 10.2. The normalized spacial score (nSPS) is 15.8. The van der Waals surface area contributed by atoms with Crippen LogP contribution in [0.25, 0.3) is 0 Å². The summed E-state index contributed by atoms with van der Waals surface area (Å²) in [5.41, 5.74) is -0.0643. The molecule has 0 N–H and O–H groups in total. The molecule has 0 saturated heterocycles. The predicted molar refractivity (Wildman–Crippen MR) is 117 cm³/mol. The van der Waals surface area contributed by atoms with E-state index < -0.39 is 33.1 Å². The zero-order chi connectivity index (χ0) is 22.9. The molecule has 0 bridgehead atoms. The van der Waals surface area contributed by atoms with E-state index in [0.717, 1.165) is 13.0 Å². The minimum atomic E-state index is -4.78. The molecule has 32 heavy (non-hydrogen) atoms. The molecule has 2 aromatic rings. The Morgan fingerprint density at radius 3 is 2.75 bits per heavy atom. The fraction of sp³-hybridized carbons (Fsp3) is 0.364. The molecule has 0 amide bonds. The third kappa shape index (κ3) is 4.64. The van der Waals surface area contributed by atoms with Gasteiger partial charge >= 0.3 is 6.18 Å². The molecular formula is C22H22F3N3O3S. The van der Waals surface area contributed by atoms with Crippen LogP contribution in [-0.4, -0.2) is 44.3 Å². The molecule has 0 aliphatic carbocycles. The summed E-state index contributed by atoms with van der Waals surface area (Å²) in [5.74, 6) is -0.421. The van der Waals surface area contributed by atoms with Gasteiger partial charge in [-0.3, -0.25) is 4.99 Å². The topological polar surface area (TPSA) is 71.3 Å². The highest BCUT2D eigenvalue weighted by Gasteiger charge is 2.38. The number of hydrogen-bond donors (Lipinski definition) is 0. The molecule has 2 aromatic carbocycles. The standard InChI is InChI=1S/C22H22F3N3O3S/c1-2-11-32(29,30)13-15-5-3-6-19(20(15)22(23,24)25)31-16-7-8-18-17(12-16)21-26-9-4-10-28(21)14-27-18/h3,5-8,12,14H,2,4,9-11,13H2,1H3. The van der Waals surface area contributed by atoms with E-state index in [9.17, 15) is 21.6 Å². The van der Waals surface area contributed by atoms with Gasteiger partial charge in [0.25, 0.3) is 0 Å². The molecule has 4 rings (SSSR count). The predicted octanol–water partition coefficient (Wildman–Crippen LogP) is 4.95. The molecule has 0 saturated carbocycles. The molecule has 0 spiro atoms. The van der Waals surface area contributed by atoms with E-state index in [4.69, 9.17) is 4.74 Å². The molecule has 2 heterocycles. The lowest BCUT2D eigenvalue weighted by Crippen LogP contribution is -2.36. The Balaban J connectivity index is 1.72. The summed E-state index contributed by atoms with van der Waals surface area (Å²) < 4.78 is 71.9. The molecule has 0 radical (unpaired) electrons. The summed E-state index contributed by atoms with van der Waals surface area (Å²) in [6, 6.07) is 8.56. The van der Waals surface area contributed by atoms with Crippen molar-refractivity contribution in [3.63, 3.8) is 0 Å². The van der Waals surface area contributed by atoms with Gasteiger partial charge in [-0.1, -0.05) is 19.1 Å². The first kappa shape index (κ1) is 22.3. The average Bonchev–Trinajstić information content (AvgIpc) is 2.72. The Bertz CT molecular complexity index is 1190. The Labute approximate surface area is 184 Å². The van der Waals surface area contributed by atoms with Gasteiger partial charge in [0, 0.05) is 18.7 Å². The van der Waals surface area contributed by atoms with Crippen molar-refractivity contribution in [3.05, 3.63) is 53.1 Å². The zero-order valence-electron chi connectivity index (χ0n) is 17.4. The number of ether oxygens (including phenoxy) is 1. The number of benzene rings is 2.